The molecule has 0 heterocycles. The van der Waals surface area contributed by atoms with E-state index < -0.39 is 11.7 Å². The van der Waals surface area contributed by atoms with E-state index in [4.69, 9.17) is 9.84 Å². The van der Waals surface area contributed by atoms with Crippen LogP contribution in [-0.4, -0.2) is 18.3 Å². The van der Waals surface area contributed by atoms with Crippen molar-refractivity contribution >= 4 is 22.6 Å². The van der Waals surface area contributed by atoms with Gasteiger partial charge in [0.2, 0.25) is 0 Å². The largest absolute Gasteiger partial charge is 0.490 e. The van der Waals surface area contributed by atoms with Gasteiger partial charge in [-0.3, -0.25) is 0 Å². The molecule has 0 atom stereocenters. The molecule has 0 unspecified atom stereocenters. The first-order valence-electron chi connectivity index (χ1n) is 4.06. The van der Waals surface area contributed by atoms with Crippen molar-refractivity contribution < 1.29 is 23.0 Å². The van der Waals surface area contributed by atoms with Crippen molar-refractivity contribution in [3.05, 3.63) is 27.3 Å². The molecular weight excluding hydrogens is 324 g/mol. The van der Waals surface area contributed by atoms with Crippen LogP contribution < -0.4 is 4.74 Å². The molecule has 0 saturated carbocycles. The maximum atomic E-state index is 12.4. The SMILES string of the molecule is OCCOc1cccc(C(F)(F)F)c1I. The lowest BCUT2D eigenvalue weighted by Crippen LogP contribution is -2.10. The summed E-state index contributed by atoms with van der Waals surface area (Å²) in [6.07, 6.45) is -4.38. The Morgan fingerprint density at radius 2 is 2.00 bits per heavy atom. The highest BCUT2D eigenvalue weighted by Crippen LogP contribution is 2.36. The van der Waals surface area contributed by atoms with Crippen LogP contribution >= 0.6 is 22.6 Å². The van der Waals surface area contributed by atoms with Gasteiger partial charge in [-0.05, 0) is 34.7 Å². The number of benzene rings is 1. The number of rotatable bonds is 3. The van der Waals surface area contributed by atoms with E-state index in [0.29, 0.717) is 0 Å². The summed E-state index contributed by atoms with van der Waals surface area (Å²) in [7, 11) is 0. The van der Waals surface area contributed by atoms with Crippen LogP contribution in [0.15, 0.2) is 18.2 Å². The van der Waals surface area contributed by atoms with Crippen LogP contribution in [0, 0.1) is 3.57 Å². The number of aliphatic hydroxyl groups excluding tert-OH is 1. The number of halogens is 4. The van der Waals surface area contributed by atoms with Gasteiger partial charge in [0.05, 0.1) is 15.7 Å². The Labute approximate surface area is 98.2 Å². The van der Waals surface area contributed by atoms with Crippen molar-refractivity contribution in [1.29, 1.82) is 0 Å². The molecule has 6 heteroatoms. The highest BCUT2D eigenvalue weighted by Gasteiger charge is 2.33. The Bertz CT molecular complexity index is 339. The highest BCUT2D eigenvalue weighted by atomic mass is 127. The quantitative estimate of drug-likeness (QED) is 0.863. The fourth-order valence-corrected chi connectivity index (χ4v) is 1.82. The number of aliphatic hydroxyl groups is 1. The Balaban J connectivity index is 3.01. The zero-order valence-corrected chi connectivity index (χ0v) is 9.67. The second-order valence-corrected chi connectivity index (χ2v) is 3.77. The summed E-state index contributed by atoms with van der Waals surface area (Å²) in [4.78, 5) is 0. The molecule has 1 rings (SSSR count). The summed E-state index contributed by atoms with van der Waals surface area (Å²) in [5, 5.41) is 8.50. The van der Waals surface area contributed by atoms with Crippen molar-refractivity contribution in [2.45, 2.75) is 6.18 Å². The van der Waals surface area contributed by atoms with Crippen LogP contribution in [0.3, 0.4) is 0 Å². The second kappa shape index (κ2) is 5.02. The van der Waals surface area contributed by atoms with E-state index in [2.05, 4.69) is 0 Å². The van der Waals surface area contributed by atoms with Crippen LogP contribution in [0.2, 0.25) is 0 Å². The van der Waals surface area contributed by atoms with E-state index in [-0.39, 0.29) is 22.5 Å². The highest BCUT2D eigenvalue weighted by molar-refractivity contribution is 14.1. The number of hydrogen-bond donors (Lipinski definition) is 1. The minimum atomic E-state index is -4.38. The molecule has 0 saturated heterocycles. The second-order valence-electron chi connectivity index (χ2n) is 2.69. The van der Waals surface area contributed by atoms with Gasteiger partial charge in [-0.15, -0.1) is 0 Å². The minimum Gasteiger partial charge on any atom is -0.490 e. The van der Waals surface area contributed by atoms with Crippen molar-refractivity contribution in [3.8, 4) is 5.75 Å². The molecule has 0 amide bonds. The standard InChI is InChI=1S/C9H8F3IO2/c10-9(11,12)6-2-1-3-7(8(6)13)15-5-4-14/h1-3,14H,4-5H2. The van der Waals surface area contributed by atoms with E-state index in [1.165, 1.54) is 12.1 Å². The Hall–Kier alpha value is -0.500. The van der Waals surface area contributed by atoms with Crippen molar-refractivity contribution in [1.82, 2.24) is 0 Å². The molecular formula is C9H8F3IO2. The van der Waals surface area contributed by atoms with E-state index >= 15 is 0 Å². The number of alkyl halides is 3. The molecule has 1 aromatic rings. The van der Waals surface area contributed by atoms with Crippen molar-refractivity contribution in [2.75, 3.05) is 13.2 Å². The molecule has 84 valence electrons. The predicted molar refractivity (Wildman–Crippen MR) is 56.7 cm³/mol. The lowest BCUT2D eigenvalue weighted by atomic mass is 10.2. The molecule has 2 nitrogen and oxygen atoms in total. The van der Waals surface area contributed by atoms with E-state index in [1.54, 1.807) is 22.6 Å². The third kappa shape index (κ3) is 3.23. The van der Waals surface area contributed by atoms with Crippen LogP contribution in [0.4, 0.5) is 13.2 Å². The van der Waals surface area contributed by atoms with Gasteiger partial charge in [-0.1, -0.05) is 6.07 Å². The fraction of sp³-hybridized carbons (Fsp3) is 0.333. The molecule has 1 aromatic carbocycles. The van der Waals surface area contributed by atoms with Crippen LogP contribution in [0.1, 0.15) is 5.56 Å². The Morgan fingerprint density at radius 1 is 1.33 bits per heavy atom. The third-order valence-corrected chi connectivity index (χ3v) is 2.73. The van der Waals surface area contributed by atoms with Crippen LogP contribution in [0.25, 0.3) is 0 Å². The molecule has 0 radical (unpaired) electrons. The molecule has 0 bridgehead atoms. The van der Waals surface area contributed by atoms with Gasteiger partial charge in [-0.2, -0.15) is 13.2 Å². The first kappa shape index (κ1) is 12.6. The Kier molecular flexibility index (Phi) is 4.21. The zero-order chi connectivity index (χ0) is 11.5. The van der Waals surface area contributed by atoms with Crippen LogP contribution in [0.5, 0.6) is 5.75 Å². The maximum absolute atomic E-state index is 12.4. The van der Waals surface area contributed by atoms with Gasteiger partial charge in [-0.25, -0.2) is 0 Å². The van der Waals surface area contributed by atoms with E-state index in [0.717, 1.165) is 6.07 Å². The predicted octanol–water partition coefficient (Wildman–Crippen LogP) is 2.68. The first-order chi connectivity index (χ1) is 6.96. The number of hydrogen-bond acceptors (Lipinski definition) is 2. The fourth-order valence-electron chi connectivity index (χ4n) is 0.997. The minimum absolute atomic E-state index is 0.0102. The lowest BCUT2D eigenvalue weighted by molar-refractivity contribution is -0.138. The monoisotopic (exact) mass is 332 g/mol. The normalized spacial score (nSPS) is 11.5. The average Bonchev–Trinajstić information content (AvgIpc) is 2.14. The molecule has 0 aliphatic heterocycles. The summed E-state index contributed by atoms with van der Waals surface area (Å²) >= 11 is 1.58. The molecule has 0 spiro atoms. The van der Waals surface area contributed by atoms with Gasteiger partial charge in [0.25, 0.3) is 0 Å². The summed E-state index contributed by atoms with van der Waals surface area (Å²) in [6, 6.07) is 3.71. The van der Waals surface area contributed by atoms with Gasteiger partial charge in [0.1, 0.15) is 12.4 Å². The Morgan fingerprint density at radius 3 is 2.53 bits per heavy atom. The van der Waals surface area contributed by atoms with Crippen molar-refractivity contribution in [3.63, 3.8) is 0 Å². The summed E-state index contributed by atoms with van der Waals surface area (Å²) in [5.41, 5.74) is -0.724. The van der Waals surface area contributed by atoms with E-state index in [1.807, 2.05) is 0 Å². The molecule has 1 N–H and O–H groups in total. The average molecular weight is 332 g/mol. The lowest BCUT2D eigenvalue weighted by Gasteiger charge is -2.12. The van der Waals surface area contributed by atoms with Gasteiger partial charge >= 0.3 is 6.18 Å². The molecule has 0 aliphatic carbocycles. The molecule has 15 heavy (non-hydrogen) atoms. The number of ether oxygens (including phenoxy) is 1. The van der Waals surface area contributed by atoms with E-state index in [9.17, 15) is 13.2 Å². The molecule has 0 fully saturated rings. The van der Waals surface area contributed by atoms with Gasteiger partial charge in [0, 0.05) is 0 Å². The molecule has 0 aromatic heterocycles. The first-order valence-corrected chi connectivity index (χ1v) is 5.14. The smallest absolute Gasteiger partial charge is 0.417 e. The summed E-state index contributed by atoms with van der Waals surface area (Å²) in [6.45, 7) is -0.246. The van der Waals surface area contributed by atoms with Gasteiger partial charge < -0.3 is 9.84 Å². The van der Waals surface area contributed by atoms with Crippen LogP contribution in [-0.2, 0) is 6.18 Å². The maximum Gasteiger partial charge on any atom is 0.417 e. The van der Waals surface area contributed by atoms with Crippen molar-refractivity contribution in [2.24, 2.45) is 0 Å². The topological polar surface area (TPSA) is 29.5 Å². The molecule has 0 aliphatic rings. The third-order valence-electron chi connectivity index (χ3n) is 1.62. The zero-order valence-electron chi connectivity index (χ0n) is 7.51. The summed E-state index contributed by atoms with van der Waals surface area (Å²) in [5.74, 6) is 0.138. The summed E-state index contributed by atoms with van der Waals surface area (Å²) < 4.78 is 42.3. The van der Waals surface area contributed by atoms with Gasteiger partial charge in [0.15, 0.2) is 0 Å².